The van der Waals surface area contributed by atoms with Gasteiger partial charge in [-0.25, -0.2) is 18.9 Å². The molecule has 4 aromatic rings. The van der Waals surface area contributed by atoms with Crippen molar-refractivity contribution in [3.05, 3.63) is 71.4 Å². The fourth-order valence-corrected chi connectivity index (χ4v) is 3.53. The van der Waals surface area contributed by atoms with Crippen LogP contribution in [-0.2, 0) is 14.2 Å². The van der Waals surface area contributed by atoms with Gasteiger partial charge in [0.1, 0.15) is 11.1 Å². The van der Waals surface area contributed by atoms with Gasteiger partial charge in [-0.1, -0.05) is 36.4 Å². The number of fused-ring (bicyclic) bond motifs is 2. The lowest BCUT2D eigenvalue weighted by atomic mass is 10.0. The summed E-state index contributed by atoms with van der Waals surface area (Å²) < 4.78 is 15.7. The summed E-state index contributed by atoms with van der Waals surface area (Å²) in [6.07, 6.45) is 0. The van der Waals surface area contributed by atoms with Crippen LogP contribution in [0, 0.1) is 0 Å². The Hall–Kier alpha value is -4.20. The number of aromatic nitrogens is 2. The summed E-state index contributed by atoms with van der Waals surface area (Å²) in [6.45, 7) is 0. The molecule has 31 heavy (non-hydrogen) atoms. The first-order chi connectivity index (χ1) is 15.0. The Morgan fingerprint density at radius 1 is 0.742 bits per heavy atom. The third kappa shape index (κ3) is 3.28. The molecule has 156 valence electrons. The Bertz CT molecular complexity index is 1360. The second-order valence-electron chi connectivity index (χ2n) is 6.65. The maximum Gasteiger partial charge on any atom is 0.357 e. The number of benzene rings is 2. The number of carbonyl (C=O) groups is 3. The largest absolute Gasteiger partial charge is 0.465 e. The highest BCUT2D eigenvalue weighted by Crippen LogP contribution is 2.29. The lowest BCUT2D eigenvalue weighted by Gasteiger charge is -2.06. The van der Waals surface area contributed by atoms with Crippen LogP contribution in [-0.4, -0.2) is 48.9 Å². The van der Waals surface area contributed by atoms with Crippen molar-refractivity contribution < 1.29 is 28.6 Å². The third-order valence-electron chi connectivity index (χ3n) is 4.99. The summed E-state index contributed by atoms with van der Waals surface area (Å²) >= 11 is 0. The molecule has 0 bridgehead atoms. The minimum Gasteiger partial charge on any atom is -0.465 e. The molecule has 0 amide bonds. The van der Waals surface area contributed by atoms with Gasteiger partial charge in [-0.2, -0.15) is 5.10 Å². The van der Waals surface area contributed by atoms with Crippen LogP contribution < -0.4 is 0 Å². The van der Waals surface area contributed by atoms with Crippen molar-refractivity contribution in [1.82, 2.24) is 9.61 Å². The summed E-state index contributed by atoms with van der Waals surface area (Å²) in [5.74, 6) is -2.51. The van der Waals surface area contributed by atoms with Gasteiger partial charge in [0, 0.05) is 5.56 Å². The van der Waals surface area contributed by atoms with Crippen molar-refractivity contribution in [2.24, 2.45) is 0 Å². The number of esters is 3. The van der Waals surface area contributed by atoms with Gasteiger partial charge in [0.2, 0.25) is 0 Å². The summed E-state index contributed by atoms with van der Waals surface area (Å²) in [4.78, 5) is 37.5. The van der Waals surface area contributed by atoms with Crippen molar-refractivity contribution in [2.45, 2.75) is 0 Å². The van der Waals surface area contributed by atoms with Gasteiger partial charge in [-0.05, 0) is 29.0 Å². The molecule has 2 aromatic heterocycles. The van der Waals surface area contributed by atoms with E-state index in [0.717, 1.165) is 23.4 Å². The minimum atomic E-state index is -0.876. The zero-order valence-corrected chi connectivity index (χ0v) is 17.0. The van der Waals surface area contributed by atoms with Gasteiger partial charge in [0.25, 0.3) is 0 Å². The van der Waals surface area contributed by atoms with E-state index in [-0.39, 0.29) is 22.3 Å². The van der Waals surface area contributed by atoms with Gasteiger partial charge in [0.15, 0.2) is 5.69 Å². The van der Waals surface area contributed by atoms with Crippen LogP contribution >= 0.6 is 0 Å². The molecule has 0 aliphatic rings. The SMILES string of the molecule is COC(=O)c1c(C(=O)OC)c2ccc(-c3ccc4ccccc4c3)nn2c1C(=O)OC. The second kappa shape index (κ2) is 7.91. The molecule has 8 heteroatoms. The van der Waals surface area contributed by atoms with E-state index in [4.69, 9.17) is 14.2 Å². The number of nitrogens with zero attached hydrogens (tertiary/aromatic N) is 2. The number of hydrogen-bond donors (Lipinski definition) is 0. The lowest BCUT2D eigenvalue weighted by molar-refractivity contribution is 0.0536. The lowest BCUT2D eigenvalue weighted by Crippen LogP contribution is -2.16. The smallest absolute Gasteiger partial charge is 0.357 e. The van der Waals surface area contributed by atoms with Crippen LogP contribution in [0.3, 0.4) is 0 Å². The number of ether oxygens (including phenoxy) is 3. The summed E-state index contributed by atoms with van der Waals surface area (Å²) in [6, 6.07) is 17.0. The van der Waals surface area contributed by atoms with Gasteiger partial charge < -0.3 is 14.2 Å². The van der Waals surface area contributed by atoms with E-state index in [2.05, 4.69) is 5.10 Å². The monoisotopic (exact) mass is 418 g/mol. The summed E-state index contributed by atoms with van der Waals surface area (Å²) in [5.41, 5.74) is 0.955. The normalized spacial score (nSPS) is 10.8. The molecule has 0 saturated carbocycles. The topological polar surface area (TPSA) is 96.2 Å². The number of rotatable bonds is 4. The van der Waals surface area contributed by atoms with Gasteiger partial charge in [0.05, 0.1) is 32.5 Å². The van der Waals surface area contributed by atoms with Crippen LogP contribution in [0.5, 0.6) is 0 Å². The predicted octanol–water partition coefficient (Wildman–Crippen LogP) is 3.51. The third-order valence-corrected chi connectivity index (χ3v) is 4.99. The molecule has 0 fully saturated rings. The van der Waals surface area contributed by atoms with E-state index >= 15 is 0 Å². The van der Waals surface area contributed by atoms with Crippen LogP contribution in [0.4, 0.5) is 0 Å². The molecule has 0 saturated heterocycles. The molecule has 0 atom stereocenters. The standard InChI is InChI=1S/C23H18N2O6/c1-29-21(26)18-17-11-10-16(15-9-8-13-6-4-5-7-14(13)12-15)24-25(17)20(23(28)31-3)19(18)22(27)30-2/h4-12H,1-3H3. The summed E-state index contributed by atoms with van der Waals surface area (Å²) in [7, 11) is 3.51. The quantitative estimate of drug-likeness (QED) is 0.370. The van der Waals surface area contributed by atoms with Crippen molar-refractivity contribution in [2.75, 3.05) is 21.3 Å². The zero-order chi connectivity index (χ0) is 22.1. The molecular weight excluding hydrogens is 400 g/mol. The Morgan fingerprint density at radius 3 is 2.06 bits per heavy atom. The van der Waals surface area contributed by atoms with Crippen LogP contribution in [0.15, 0.2) is 54.6 Å². The molecule has 2 aromatic carbocycles. The Morgan fingerprint density at radius 2 is 1.39 bits per heavy atom. The van der Waals surface area contributed by atoms with Crippen molar-refractivity contribution in [3.8, 4) is 11.3 Å². The van der Waals surface area contributed by atoms with Crippen LogP contribution in [0.25, 0.3) is 27.5 Å². The van der Waals surface area contributed by atoms with Crippen molar-refractivity contribution in [1.29, 1.82) is 0 Å². The molecule has 0 aliphatic carbocycles. The fourth-order valence-electron chi connectivity index (χ4n) is 3.53. The van der Waals surface area contributed by atoms with Gasteiger partial charge >= 0.3 is 17.9 Å². The van der Waals surface area contributed by atoms with Gasteiger partial charge in [-0.3, -0.25) is 0 Å². The predicted molar refractivity (Wildman–Crippen MR) is 112 cm³/mol. The van der Waals surface area contributed by atoms with E-state index in [1.165, 1.54) is 18.7 Å². The summed E-state index contributed by atoms with van der Waals surface area (Å²) in [5, 5.41) is 6.63. The first kappa shape index (κ1) is 20.1. The Balaban J connectivity index is 2.03. The molecule has 0 N–H and O–H groups in total. The highest BCUT2D eigenvalue weighted by atomic mass is 16.5. The maximum absolute atomic E-state index is 12.6. The Kier molecular flexibility index (Phi) is 5.12. The average molecular weight is 418 g/mol. The molecule has 8 nitrogen and oxygen atoms in total. The molecule has 0 aliphatic heterocycles. The van der Waals surface area contributed by atoms with E-state index in [1.807, 2.05) is 42.5 Å². The molecule has 0 unspecified atom stereocenters. The first-order valence-corrected chi connectivity index (χ1v) is 9.30. The number of methoxy groups -OCH3 is 3. The molecule has 2 heterocycles. The number of carbonyl (C=O) groups excluding carboxylic acids is 3. The van der Waals surface area contributed by atoms with E-state index in [1.54, 1.807) is 12.1 Å². The fraction of sp³-hybridized carbons (Fsp3) is 0.130. The zero-order valence-electron chi connectivity index (χ0n) is 17.0. The average Bonchev–Trinajstić information content (AvgIpc) is 3.16. The van der Waals surface area contributed by atoms with Crippen LogP contribution in [0.1, 0.15) is 31.2 Å². The highest BCUT2D eigenvalue weighted by molar-refractivity contribution is 6.14. The van der Waals surface area contributed by atoms with Crippen molar-refractivity contribution in [3.63, 3.8) is 0 Å². The highest BCUT2D eigenvalue weighted by Gasteiger charge is 2.34. The van der Waals surface area contributed by atoms with Crippen LogP contribution in [0.2, 0.25) is 0 Å². The first-order valence-electron chi connectivity index (χ1n) is 9.30. The molecule has 4 rings (SSSR count). The molecule has 0 spiro atoms. The Labute approximate surface area is 176 Å². The minimum absolute atomic E-state index is 0.118. The van der Waals surface area contributed by atoms with Gasteiger partial charge in [-0.15, -0.1) is 0 Å². The van der Waals surface area contributed by atoms with Crippen molar-refractivity contribution >= 4 is 34.2 Å². The molecule has 0 radical (unpaired) electrons. The molecular formula is C23H18N2O6. The second-order valence-corrected chi connectivity index (χ2v) is 6.65. The maximum atomic E-state index is 12.6. The van der Waals surface area contributed by atoms with E-state index in [0.29, 0.717) is 5.69 Å². The number of hydrogen-bond acceptors (Lipinski definition) is 7. The van der Waals surface area contributed by atoms with E-state index in [9.17, 15) is 14.4 Å². The van der Waals surface area contributed by atoms with E-state index < -0.39 is 17.9 Å².